The van der Waals surface area contributed by atoms with E-state index < -0.39 is 0 Å². The fraction of sp³-hybridized carbons (Fsp3) is 0.667. The van der Waals surface area contributed by atoms with Crippen molar-refractivity contribution in [1.82, 2.24) is 0 Å². The van der Waals surface area contributed by atoms with Crippen molar-refractivity contribution in [2.75, 3.05) is 13.7 Å². The molecule has 0 aliphatic carbocycles. The molecule has 0 bridgehead atoms. The Morgan fingerprint density at radius 1 is 1.38 bits per heavy atom. The summed E-state index contributed by atoms with van der Waals surface area (Å²) in [5.41, 5.74) is 1.34. The van der Waals surface area contributed by atoms with Crippen molar-refractivity contribution in [1.29, 1.82) is 0 Å². The van der Waals surface area contributed by atoms with Gasteiger partial charge in [-0.05, 0) is 19.3 Å². The molecular weight excluding hydrogens is 160 g/mol. The van der Waals surface area contributed by atoms with Crippen LogP contribution in [0.4, 0.5) is 0 Å². The Hall–Kier alpha value is -0.560. The molecule has 78 valence electrons. The van der Waals surface area contributed by atoms with Gasteiger partial charge in [-0.3, -0.25) is 0 Å². The van der Waals surface area contributed by atoms with Crippen LogP contribution in [0.3, 0.4) is 0 Å². The fourth-order valence-corrected chi connectivity index (χ4v) is 0.970. The highest BCUT2D eigenvalue weighted by molar-refractivity contribution is 5.15. The number of ether oxygens (including phenoxy) is 1. The van der Waals surface area contributed by atoms with Gasteiger partial charge in [-0.25, -0.2) is 0 Å². The summed E-state index contributed by atoms with van der Waals surface area (Å²) in [6.07, 6.45) is 7.41. The van der Waals surface area contributed by atoms with E-state index in [-0.39, 0.29) is 0 Å². The number of rotatable bonds is 6. The van der Waals surface area contributed by atoms with Gasteiger partial charge >= 0.3 is 0 Å². The van der Waals surface area contributed by atoms with E-state index >= 15 is 0 Å². The third-order valence-electron chi connectivity index (χ3n) is 1.54. The zero-order valence-electron chi connectivity index (χ0n) is 9.60. The van der Waals surface area contributed by atoms with Crippen LogP contribution in [0, 0.1) is 0 Å². The molecule has 0 rings (SSSR count). The quantitative estimate of drug-likeness (QED) is 0.448. The molecule has 13 heavy (non-hydrogen) atoms. The number of allylic oxidation sites excluding steroid dienone is 3. The predicted octanol–water partition coefficient (Wildman–Crippen LogP) is 3.96. The van der Waals surface area contributed by atoms with Crippen molar-refractivity contribution in [3.63, 3.8) is 0 Å². The van der Waals surface area contributed by atoms with Gasteiger partial charge in [0.15, 0.2) is 0 Å². The van der Waals surface area contributed by atoms with Gasteiger partial charge in [0.25, 0.3) is 0 Å². The predicted molar refractivity (Wildman–Crippen MR) is 61.0 cm³/mol. The van der Waals surface area contributed by atoms with E-state index in [2.05, 4.69) is 19.6 Å². The lowest BCUT2D eigenvalue weighted by molar-refractivity contribution is 0.195. The van der Waals surface area contributed by atoms with Gasteiger partial charge in [-0.2, -0.15) is 0 Å². The molecular formula is C12H24O. The maximum atomic E-state index is 4.95. The van der Waals surface area contributed by atoms with Crippen molar-refractivity contribution in [3.05, 3.63) is 24.3 Å². The van der Waals surface area contributed by atoms with Gasteiger partial charge in [0.05, 0.1) is 0 Å². The van der Waals surface area contributed by atoms with E-state index in [1.54, 1.807) is 7.11 Å². The van der Waals surface area contributed by atoms with Crippen LogP contribution in [0.15, 0.2) is 24.3 Å². The molecule has 1 heteroatoms. The first kappa shape index (κ1) is 14.9. The zero-order chi connectivity index (χ0) is 10.5. The highest BCUT2D eigenvalue weighted by Gasteiger charge is 1.90. The summed E-state index contributed by atoms with van der Waals surface area (Å²) in [7, 11) is 1.73. The second-order valence-corrected chi connectivity index (χ2v) is 2.49. The summed E-state index contributed by atoms with van der Waals surface area (Å²) in [4.78, 5) is 0. The first-order chi connectivity index (χ1) is 6.35. The van der Waals surface area contributed by atoms with Crippen LogP contribution in [-0.4, -0.2) is 13.7 Å². The van der Waals surface area contributed by atoms with Crippen LogP contribution >= 0.6 is 0 Å². The van der Waals surface area contributed by atoms with Gasteiger partial charge in [0.2, 0.25) is 0 Å². The molecule has 0 amide bonds. The summed E-state index contributed by atoms with van der Waals surface area (Å²) in [5, 5.41) is 0. The minimum Gasteiger partial charge on any atom is -0.385 e. The topological polar surface area (TPSA) is 9.23 Å². The van der Waals surface area contributed by atoms with Crippen LogP contribution in [0.25, 0.3) is 0 Å². The second-order valence-electron chi connectivity index (χ2n) is 2.49. The second kappa shape index (κ2) is 14.0. The van der Waals surface area contributed by atoms with Crippen molar-refractivity contribution >= 4 is 0 Å². The van der Waals surface area contributed by atoms with Gasteiger partial charge in [0, 0.05) is 13.7 Å². The molecule has 0 atom stereocenters. The van der Waals surface area contributed by atoms with Crippen LogP contribution in [0.2, 0.25) is 0 Å². The van der Waals surface area contributed by atoms with E-state index in [0.29, 0.717) is 0 Å². The molecule has 0 aliphatic heterocycles. The Morgan fingerprint density at radius 3 is 2.38 bits per heavy atom. The van der Waals surface area contributed by atoms with Crippen molar-refractivity contribution in [2.45, 2.75) is 40.0 Å². The minimum absolute atomic E-state index is 0.842. The molecule has 0 saturated carbocycles. The number of hydrogen-bond donors (Lipinski definition) is 0. The van der Waals surface area contributed by atoms with Crippen LogP contribution in [0.1, 0.15) is 40.0 Å². The largest absolute Gasteiger partial charge is 0.385 e. The molecule has 0 aliphatic rings. The highest BCUT2D eigenvalue weighted by atomic mass is 16.5. The summed E-state index contributed by atoms with van der Waals surface area (Å²) < 4.78 is 4.95. The summed E-state index contributed by atoms with van der Waals surface area (Å²) in [5.74, 6) is 0. The van der Waals surface area contributed by atoms with Crippen LogP contribution in [-0.2, 0) is 4.74 Å². The molecule has 0 spiro atoms. The summed E-state index contributed by atoms with van der Waals surface area (Å²) >= 11 is 0. The molecule has 0 aromatic heterocycles. The van der Waals surface area contributed by atoms with Gasteiger partial charge < -0.3 is 4.74 Å². The summed E-state index contributed by atoms with van der Waals surface area (Å²) in [6.45, 7) is 10.7. The van der Waals surface area contributed by atoms with E-state index in [0.717, 1.165) is 25.9 Å². The third-order valence-corrected chi connectivity index (χ3v) is 1.54. The molecule has 0 fully saturated rings. The Kier molecular flexibility index (Phi) is 16.1. The maximum absolute atomic E-state index is 4.95. The smallest absolute Gasteiger partial charge is 0.0465 e. The molecule has 0 N–H and O–H groups in total. The van der Waals surface area contributed by atoms with E-state index in [1.165, 1.54) is 5.57 Å². The van der Waals surface area contributed by atoms with Crippen molar-refractivity contribution < 1.29 is 4.74 Å². The fourth-order valence-electron chi connectivity index (χ4n) is 0.970. The molecule has 1 nitrogen and oxygen atoms in total. The Balaban J connectivity index is 0. The minimum atomic E-state index is 0.842. The molecule has 0 radical (unpaired) electrons. The molecule has 0 heterocycles. The first-order valence-corrected chi connectivity index (χ1v) is 5.15. The normalized spacial score (nSPS) is 10.3. The third kappa shape index (κ3) is 11.4. The number of hydrogen-bond acceptors (Lipinski definition) is 1. The van der Waals surface area contributed by atoms with E-state index in [9.17, 15) is 0 Å². The van der Waals surface area contributed by atoms with Crippen LogP contribution < -0.4 is 0 Å². The summed E-state index contributed by atoms with van der Waals surface area (Å²) in [6, 6.07) is 0. The highest BCUT2D eigenvalue weighted by Crippen LogP contribution is 2.06. The van der Waals surface area contributed by atoms with Gasteiger partial charge in [0.1, 0.15) is 0 Å². The molecule has 0 unspecified atom stereocenters. The number of methoxy groups -OCH3 is 1. The van der Waals surface area contributed by atoms with Gasteiger partial charge in [-0.1, -0.05) is 45.1 Å². The average Bonchev–Trinajstić information content (AvgIpc) is 2.20. The Bertz CT molecular complexity index is 125. The Morgan fingerprint density at radius 2 is 2.00 bits per heavy atom. The Labute approximate surface area is 83.5 Å². The van der Waals surface area contributed by atoms with E-state index in [1.807, 2.05) is 19.9 Å². The van der Waals surface area contributed by atoms with Crippen molar-refractivity contribution in [3.8, 4) is 0 Å². The van der Waals surface area contributed by atoms with Gasteiger partial charge in [-0.15, -0.1) is 0 Å². The molecule has 0 saturated heterocycles. The van der Waals surface area contributed by atoms with E-state index in [4.69, 9.17) is 4.74 Å². The van der Waals surface area contributed by atoms with Crippen molar-refractivity contribution in [2.24, 2.45) is 0 Å². The molecule has 0 aromatic carbocycles. The lowest BCUT2D eigenvalue weighted by Crippen LogP contribution is -1.89. The average molecular weight is 184 g/mol. The molecule has 0 aromatic rings. The maximum Gasteiger partial charge on any atom is 0.0465 e. The monoisotopic (exact) mass is 184 g/mol. The first-order valence-electron chi connectivity index (χ1n) is 5.15. The van der Waals surface area contributed by atoms with Crippen LogP contribution in [0.5, 0.6) is 0 Å². The standard InChI is InChI=1S/C10H18O.C2H6/c1-4-7-10(5-2)8-6-9-11-3;1-2/h5,7H,2,4,6,8-9H2,1,3H3;1-2H3/b10-7+;. The lowest BCUT2D eigenvalue weighted by Gasteiger charge is -2.00. The zero-order valence-corrected chi connectivity index (χ0v) is 9.60. The SMILES string of the molecule is C=C/C(=C\CC)CCCOC.CC. The lowest BCUT2D eigenvalue weighted by atomic mass is 10.1.